The molecule has 16 heavy (non-hydrogen) atoms. The smallest absolute Gasteiger partial charge is 0.123 e. The molecule has 0 fully saturated rings. The van der Waals surface area contributed by atoms with Gasteiger partial charge in [0.05, 0.1) is 4.21 Å². The van der Waals surface area contributed by atoms with E-state index in [1.807, 2.05) is 30.5 Å². The molecule has 0 unspecified atom stereocenters. The molecule has 2 rings (SSSR count). The van der Waals surface area contributed by atoms with Crippen LogP contribution in [0.25, 0.3) is 0 Å². The predicted octanol–water partition coefficient (Wildman–Crippen LogP) is 3.49. The molecule has 4 heteroatoms. The van der Waals surface area contributed by atoms with E-state index in [4.69, 9.17) is 11.1 Å². The first kappa shape index (κ1) is 11.2. The van der Waals surface area contributed by atoms with Gasteiger partial charge in [-0.15, -0.1) is 11.3 Å². The highest BCUT2D eigenvalue weighted by Crippen LogP contribution is 2.33. The van der Waals surface area contributed by atoms with Gasteiger partial charge >= 0.3 is 0 Å². The Morgan fingerprint density at radius 3 is 2.81 bits per heavy atom. The number of nitrogens with one attached hydrogen (secondary N) is 1. The lowest BCUT2D eigenvalue weighted by atomic mass is 10.1. The molecule has 2 aromatic rings. The molecule has 0 bridgehead atoms. The van der Waals surface area contributed by atoms with Crippen molar-refractivity contribution in [2.24, 2.45) is 5.73 Å². The van der Waals surface area contributed by atoms with Crippen molar-refractivity contribution in [3.05, 3.63) is 46.8 Å². The first-order valence-corrected chi connectivity index (χ1v) is 6.53. The third-order valence-corrected chi connectivity index (χ3v) is 4.23. The Kier molecular flexibility index (Phi) is 3.31. The zero-order valence-corrected chi connectivity index (χ0v) is 10.5. The molecule has 82 valence electrons. The number of aryl methyl sites for hydroxylation is 1. The maximum Gasteiger partial charge on any atom is 0.123 e. The molecule has 1 aromatic heterocycles. The van der Waals surface area contributed by atoms with Gasteiger partial charge in [0.1, 0.15) is 5.84 Å². The largest absolute Gasteiger partial charge is 0.384 e. The molecule has 1 heterocycles. The fraction of sp³-hybridized carbons (Fsp3) is 0.0833. The molecule has 0 atom stereocenters. The minimum absolute atomic E-state index is 0.124. The molecule has 0 radical (unpaired) electrons. The summed E-state index contributed by atoms with van der Waals surface area (Å²) in [6, 6.07) is 10.1. The standard InChI is InChI=1S/C12H12N2S2/c1-8-4-5-9(12(13)14)10(7-8)16-11-3-2-6-15-11/h2-7H,1H3,(H3,13,14). The fourth-order valence-electron chi connectivity index (χ4n) is 1.37. The predicted molar refractivity (Wildman–Crippen MR) is 70.6 cm³/mol. The van der Waals surface area contributed by atoms with Crippen LogP contribution in [0.2, 0.25) is 0 Å². The maximum atomic E-state index is 7.54. The zero-order valence-electron chi connectivity index (χ0n) is 8.86. The van der Waals surface area contributed by atoms with Gasteiger partial charge in [-0.05, 0) is 36.1 Å². The van der Waals surface area contributed by atoms with Gasteiger partial charge in [-0.1, -0.05) is 23.9 Å². The average molecular weight is 248 g/mol. The topological polar surface area (TPSA) is 49.9 Å². The van der Waals surface area contributed by atoms with Crippen molar-refractivity contribution >= 4 is 28.9 Å². The average Bonchev–Trinajstić information content (AvgIpc) is 2.70. The minimum atomic E-state index is 0.124. The number of thiophene rings is 1. The Bertz CT molecular complexity index is 504. The SMILES string of the molecule is Cc1ccc(C(=N)N)c(Sc2cccs2)c1. The van der Waals surface area contributed by atoms with E-state index < -0.39 is 0 Å². The van der Waals surface area contributed by atoms with E-state index in [0.29, 0.717) is 0 Å². The Morgan fingerprint density at radius 1 is 1.38 bits per heavy atom. The number of hydrogen-bond donors (Lipinski definition) is 2. The second-order valence-corrected chi connectivity index (χ2v) is 5.74. The summed E-state index contributed by atoms with van der Waals surface area (Å²) in [5.74, 6) is 0.124. The van der Waals surface area contributed by atoms with Gasteiger partial charge in [0.2, 0.25) is 0 Å². The highest BCUT2D eigenvalue weighted by Gasteiger charge is 2.07. The van der Waals surface area contributed by atoms with Gasteiger partial charge in [-0.25, -0.2) is 0 Å². The van der Waals surface area contributed by atoms with Gasteiger partial charge in [0, 0.05) is 10.5 Å². The number of benzene rings is 1. The van der Waals surface area contributed by atoms with Crippen LogP contribution in [0.15, 0.2) is 44.8 Å². The van der Waals surface area contributed by atoms with E-state index in [-0.39, 0.29) is 5.84 Å². The van der Waals surface area contributed by atoms with Crippen LogP contribution in [0.3, 0.4) is 0 Å². The van der Waals surface area contributed by atoms with Crippen LogP contribution < -0.4 is 5.73 Å². The van der Waals surface area contributed by atoms with Gasteiger partial charge in [-0.3, -0.25) is 5.41 Å². The highest BCUT2D eigenvalue weighted by atomic mass is 32.2. The summed E-state index contributed by atoms with van der Waals surface area (Å²) in [5, 5.41) is 9.59. The molecule has 0 aliphatic carbocycles. The molecular weight excluding hydrogens is 236 g/mol. The Balaban J connectivity index is 2.38. The first-order valence-electron chi connectivity index (χ1n) is 4.83. The Morgan fingerprint density at radius 2 is 2.19 bits per heavy atom. The third-order valence-electron chi connectivity index (χ3n) is 2.13. The van der Waals surface area contributed by atoms with E-state index in [9.17, 15) is 0 Å². The molecule has 0 saturated heterocycles. The van der Waals surface area contributed by atoms with Crippen LogP contribution >= 0.6 is 23.1 Å². The molecule has 2 nitrogen and oxygen atoms in total. The van der Waals surface area contributed by atoms with Gasteiger partial charge in [0.25, 0.3) is 0 Å². The summed E-state index contributed by atoms with van der Waals surface area (Å²) in [6.07, 6.45) is 0. The highest BCUT2D eigenvalue weighted by molar-refractivity contribution is 8.01. The second-order valence-electron chi connectivity index (χ2n) is 3.45. The zero-order chi connectivity index (χ0) is 11.5. The molecule has 0 amide bonds. The molecule has 1 aromatic carbocycles. The van der Waals surface area contributed by atoms with Crippen LogP contribution in [0, 0.1) is 12.3 Å². The van der Waals surface area contributed by atoms with Crippen molar-refractivity contribution in [2.45, 2.75) is 16.0 Å². The second kappa shape index (κ2) is 4.72. The molecule has 3 N–H and O–H groups in total. The maximum absolute atomic E-state index is 7.54. The lowest BCUT2D eigenvalue weighted by molar-refractivity contribution is 1.30. The normalized spacial score (nSPS) is 10.3. The number of amidine groups is 1. The minimum Gasteiger partial charge on any atom is -0.384 e. The summed E-state index contributed by atoms with van der Waals surface area (Å²) >= 11 is 3.36. The molecular formula is C12H12N2S2. The molecule has 0 spiro atoms. The van der Waals surface area contributed by atoms with E-state index in [2.05, 4.69) is 12.1 Å². The number of hydrogen-bond acceptors (Lipinski definition) is 3. The molecule has 0 aliphatic heterocycles. The number of nitrogen functional groups attached to an aromatic ring is 1. The van der Waals surface area contributed by atoms with E-state index in [1.165, 1.54) is 9.77 Å². The van der Waals surface area contributed by atoms with Crippen LogP contribution in [0.1, 0.15) is 11.1 Å². The van der Waals surface area contributed by atoms with Crippen molar-refractivity contribution < 1.29 is 0 Å². The van der Waals surface area contributed by atoms with Crippen LogP contribution in [0.4, 0.5) is 0 Å². The lowest BCUT2D eigenvalue weighted by Crippen LogP contribution is -2.12. The number of nitrogens with two attached hydrogens (primary N) is 1. The fourth-order valence-corrected chi connectivity index (χ4v) is 3.34. The molecule has 0 saturated carbocycles. The van der Waals surface area contributed by atoms with E-state index in [0.717, 1.165) is 10.5 Å². The Hall–Kier alpha value is -1.26. The summed E-state index contributed by atoms with van der Waals surface area (Å²) in [4.78, 5) is 1.05. The summed E-state index contributed by atoms with van der Waals surface area (Å²) < 4.78 is 1.22. The summed E-state index contributed by atoms with van der Waals surface area (Å²) in [5.41, 5.74) is 7.56. The summed E-state index contributed by atoms with van der Waals surface area (Å²) in [7, 11) is 0. The van der Waals surface area contributed by atoms with Crippen molar-refractivity contribution in [1.82, 2.24) is 0 Å². The molecule has 0 aliphatic rings. The Labute approximate surface area is 103 Å². The van der Waals surface area contributed by atoms with Crippen molar-refractivity contribution in [1.29, 1.82) is 5.41 Å². The van der Waals surface area contributed by atoms with Crippen molar-refractivity contribution in [2.75, 3.05) is 0 Å². The van der Waals surface area contributed by atoms with E-state index >= 15 is 0 Å². The van der Waals surface area contributed by atoms with Gasteiger partial charge in [-0.2, -0.15) is 0 Å². The van der Waals surface area contributed by atoms with Gasteiger partial charge < -0.3 is 5.73 Å². The quantitative estimate of drug-likeness (QED) is 0.645. The van der Waals surface area contributed by atoms with E-state index in [1.54, 1.807) is 23.1 Å². The first-order chi connectivity index (χ1) is 7.66. The van der Waals surface area contributed by atoms with Crippen LogP contribution in [-0.2, 0) is 0 Å². The monoisotopic (exact) mass is 248 g/mol. The van der Waals surface area contributed by atoms with Crippen LogP contribution in [-0.4, -0.2) is 5.84 Å². The van der Waals surface area contributed by atoms with Gasteiger partial charge in [0.15, 0.2) is 0 Å². The third kappa shape index (κ3) is 2.46. The lowest BCUT2D eigenvalue weighted by Gasteiger charge is -2.07. The van der Waals surface area contributed by atoms with Crippen LogP contribution in [0.5, 0.6) is 0 Å². The van der Waals surface area contributed by atoms with Crippen molar-refractivity contribution in [3.8, 4) is 0 Å². The number of rotatable bonds is 3. The summed E-state index contributed by atoms with van der Waals surface area (Å²) in [6.45, 7) is 2.04. The van der Waals surface area contributed by atoms with Crippen molar-refractivity contribution in [3.63, 3.8) is 0 Å².